The number of nitrogens with one attached hydrogen (secondary N) is 2. The largest absolute Gasteiger partial charge is 0.355 e. The number of amides is 1. The summed E-state index contributed by atoms with van der Waals surface area (Å²) in [6.45, 7) is 7.31. The number of benzene rings is 1. The minimum Gasteiger partial charge on any atom is -0.355 e. The van der Waals surface area contributed by atoms with Crippen LogP contribution >= 0.6 is 24.0 Å². The molecule has 0 unspecified atom stereocenters. The molecule has 0 aromatic heterocycles. The summed E-state index contributed by atoms with van der Waals surface area (Å²) in [5, 5.41) is 6.48. The maximum atomic E-state index is 12.9. The molecule has 140 valence electrons. The predicted molar refractivity (Wildman–Crippen MR) is 109 cm³/mol. The summed E-state index contributed by atoms with van der Waals surface area (Å²) in [5.41, 5.74) is 1.000. The lowest BCUT2D eigenvalue weighted by atomic mass is 10.2. The van der Waals surface area contributed by atoms with E-state index in [2.05, 4.69) is 20.5 Å². The van der Waals surface area contributed by atoms with E-state index in [9.17, 15) is 9.18 Å². The van der Waals surface area contributed by atoms with Gasteiger partial charge >= 0.3 is 0 Å². The molecule has 8 heteroatoms. The van der Waals surface area contributed by atoms with Crippen molar-refractivity contribution in [3.05, 3.63) is 35.6 Å². The number of hydrogen-bond donors (Lipinski definition) is 2. The number of carbonyl (C=O) groups is 1. The van der Waals surface area contributed by atoms with E-state index in [4.69, 9.17) is 0 Å². The first-order chi connectivity index (χ1) is 11.6. The van der Waals surface area contributed by atoms with Gasteiger partial charge in [-0.1, -0.05) is 12.1 Å². The van der Waals surface area contributed by atoms with E-state index in [0.29, 0.717) is 6.54 Å². The number of nitrogens with zero attached hydrogens (tertiary/aromatic N) is 3. The molecule has 0 spiro atoms. The van der Waals surface area contributed by atoms with Gasteiger partial charge in [-0.25, -0.2) is 4.39 Å². The molecule has 0 bridgehead atoms. The lowest BCUT2D eigenvalue weighted by molar-refractivity contribution is -0.130. The quantitative estimate of drug-likeness (QED) is 0.393. The van der Waals surface area contributed by atoms with E-state index >= 15 is 0 Å². The van der Waals surface area contributed by atoms with Gasteiger partial charge in [-0.3, -0.25) is 14.7 Å². The standard InChI is InChI=1S/C17H26FN5O.HI/c1-14(24)23-11-9-22(10-12-23)8-7-20-17(19-2)21-13-15-3-5-16(18)6-4-15;/h3-6H,7-13H2,1-2H3,(H2,19,20,21);1H. The molecular weight excluding hydrogens is 436 g/mol. The van der Waals surface area contributed by atoms with Crippen LogP contribution in [0.2, 0.25) is 0 Å². The molecule has 1 aromatic rings. The molecular formula is C17H27FIN5O. The van der Waals surface area contributed by atoms with Crippen LogP contribution in [-0.4, -0.2) is 68.0 Å². The number of carbonyl (C=O) groups excluding carboxylic acids is 1. The minimum absolute atomic E-state index is 0. The fourth-order valence-electron chi connectivity index (χ4n) is 2.63. The van der Waals surface area contributed by atoms with Crippen molar-refractivity contribution >= 4 is 35.8 Å². The highest BCUT2D eigenvalue weighted by molar-refractivity contribution is 14.0. The molecule has 2 N–H and O–H groups in total. The Morgan fingerprint density at radius 3 is 2.36 bits per heavy atom. The second-order valence-corrected chi connectivity index (χ2v) is 5.83. The normalized spacial score (nSPS) is 15.5. The van der Waals surface area contributed by atoms with Crippen LogP contribution in [0, 0.1) is 5.82 Å². The van der Waals surface area contributed by atoms with Gasteiger partial charge in [0.15, 0.2) is 5.96 Å². The van der Waals surface area contributed by atoms with Gasteiger partial charge in [-0.2, -0.15) is 0 Å². The average molecular weight is 463 g/mol. The van der Waals surface area contributed by atoms with Crippen molar-refractivity contribution in [2.45, 2.75) is 13.5 Å². The van der Waals surface area contributed by atoms with E-state index < -0.39 is 0 Å². The van der Waals surface area contributed by atoms with Crippen molar-refractivity contribution in [2.75, 3.05) is 46.3 Å². The lowest BCUT2D eigenvalue weighted by Gasteiger charge is -2.34. The summed E-state index contributed by atoms with van der Waals surface area (Å²) >= 11 is 0. The van der Waals surface area contributed by atoms with Crippen molar-refractivity contribution in [3.63, 3.8) is 0 Å². The third kappa shape index (κ3) is 7.55. The minimum atomic E-state index is -0.230. The molecule has 0 saturated carbocycles. The van der Waals surface area contributed by atoms with Gasteiger partial charge < -0.3 is 15.5 Å². The molecule has 1 amide bonds. The van der Waals surface area contributed by atoms with Crippen molar-refractivity contribution in [2.24, 2.45) is 4.99 Å². The highest BCUT2D eigenvalue weighted by atomic mass is 127. The summed E-state index contributed by atoms with van der Waals surface area (Å²) in [6, 6.07) is 6.41. The molecule has 1 heterocycles. The van der Waals surface area contributed by atoms with Gasteiger partial charge in [0.2, 0.25) is 5.91 Å². The number of piperazine rings is 1. The topological polar surface area (TPSA) is 60.0 Å². The lowest BCUT2D eigenvalue weighted by Crippen LogP contribution is -2.50. The van der Waals surface area contributed by atoms with Crippen LogP contribution in [0.1, 0.15) is 12.5 Å². The van der Waals surface area contributed by atoms with Crippen LogP contribution in [0.4, 0.5) is 4.39 Å². The Balaban J connectivity index is 0.00000312. The van der Waals surface area contributed by atoms with E-state index in [1.165, 1.54) is 12.1 Å². The monoisotopic (exact) mass is 463 g/mol. The first kappa shape index (κ1) is 21.6. The van der Waals surface area contributed by atoms with Crippen LogP contribution in [0.5, 0.6) is 0 Å². The van der Waals surface area contributed by atoms with Gasteiger partial charge in [-0.15, -0.1) is 24.0 Å². The first-order valence-corrected chi connectivity index (χ1v) is 8.25. The van der Waals surface area contributed by atoms with Crippen molar-refractivity contribution in [1.82, 2.24) is 20.4 Å². The zero-order chi connectivity index (χ0) is 17.4. The second kappa shape index (κ2) is 11.2. The number of halogens is 2. The molecule has 0 atom stereocenters. The fraction of sp³-hybridized carbons (Fsp3) is 0.529. The summed E-state index contributed by atoms with van der Waals surface area (Å²) in [7, 11) is 1.73. The summed E-state index contributed by atoms with van der Waals surface area (Å²) in [6.07, 6.45) is 0. The molecule has 6 nitrogen and oxygen atoms in total. The first-order valence-electron chi connectivity index (χ1n) is 8.25. The third-order valence-corrected chi connectivity index (χ3v) is 4.13. The maximum absolute atomic E-state index is 12.9. The van der Waals surface area contributed by atoms with Crippen LogP contribution in [0.15, 0.2) is 29.3 Å². The molecule has 1 aromatic carbocycles. The molecule has 0 aliphatic carbocycles. The molecule has 1 fully saturated rings. The third-order valence-electron chi connectivity index (χ3n) is 4.13. The van der Waals surface area contributed by atoms with Gasteiger partial charge in [0.05, 0.1) is 0 Å². The van der Waals surface area contributed by atoms with Gasteiger partial charge in [0.25, 0.3) is 0 Å². The fourth-order valence-corrected chi connectivity index (χ4v) is 2.63. The SMILES string of the molecule is CN=C(NCCN1CCN(C(C)=O)CC1)NCc1ccc(F)cc1.I. The molecule has 1 aliphatic rings. The average Bonchev–Trinajstić information content (AvgIpc) is 2.59. The molecule has 0 radical (unpaired) electrons. The van der Waals surface area contributed by atoms with E-state index in [0.717, 1.165) is 50.8 Å². The van der Waals surface area contributed by atoms with Crippen molar-refractivity contribution in [3.8, 4) is 0 Å². The highest BCUT2D eigenvalue weighted by Gasteiger charge is 2.17. The van der Waals surface area contributed by atoms with Crippen molar-refractivity contribution < 1.29 is 9.18 Å². The van der Waals surface area contributed by atoms with Gasteiger partial charge in [-0.05, 0) is 17.7 Å². The Labute approximate surface area is 165 Å². The Morgan fingerprint density at radius 2 is 1.80 bits per heavy atom. The summed E-state index contributed by atoms with van der Waals surface area (Å²) in [5.74, 6) is 0.644. The van der Waals surface area contributed by atoms with Gasteiger partial charge in [0, 0.05) is 59.8 Å². The van der Waals surface area contributed by atoms with E-state index in [-0.39, 0.29) is 35.7 Å². The second-order valence-electron chi connectivity index (χ2n) is 5.83. The highest BCUT2D eigenvalue weighted by Crippen LogP contribution is 2.02. The Morgan fingerprint density at radius 1 is 1.16 bits per heavy atom. The number of guanidine groups is 1. The molecule has 25 heavy (non-hydrogen) atoms. The molecule has 2 rings (SSSR count). The number of hydrogen-bond acceptors (Lipinski definition) is 3. The Kier molecular flexibility index (Phi) is 9.73. The van der Waals surface area contributed by atoms with Crippen LogP contribution < -0.4 is 10.6 Å². The van der Waals surface area contributed by atoms with Crippen LogP contribution in [0.25, 0.3) is 0 Å². The van der Waals surface area contributed by atoms with E-state index in [1.54, 1.807) is 26.1 Å². The van der Waals surface area contributed by atoms with Gasteiger partial charge in [0.1, 0.15) is 5.82 Å². The maximum Gasteiger partial charge on any atom is 0.219 e. The van der Waals surface area contributed by atoms with Crippen molar-refractivity contribution in [1.29, 1.82) is 0 Å². The van der Waals surface area contributed by atoms with E-state index in [1.807, 2.05) is 4.90 Å². The zero-order valence-electron chi connectivity index (χ0n) is 14.8. The Hall–Kier alpha value is -1.42. The Bertz CT molecular complexity index is 559. The zero-order valence-corrected chi connectivity index (χ0v) is 17.1. The van der Waals surface area contributed by atoms with Crippen LogP contribution in [0.3, 0.4) is 0 Å². The number of rotatable bonds is 5. The molecule has 1 aliphatic heterocycles. The smallest absolute Gasteiger partial charge is 0.219 e. The predicted octanol–water partition coefficient (Wildman–Crippen LogP) is 1.27. The van der Waals surface area contributed by atoms with Crippen LogP contribution in [-0.2, 0) is 11.3 Å². The molecule has 1 saturated heterocycles. The number of aliphatic imine (C=N–C) groups is 1. The summed E-state index contributed by atoms with van der Waals surface area (Å²) in [4.78, 5) is 19.7. The summed E-state index contributed by atoms with van der Waals surface area (Å²) < 4.78 is 12.9.